The Hall–Kier alpha value is -2.08. The van der Waals surface area contributed by atoms with Gasteiger partial charge in [-0.1, -0.05) is 30.3 Å². The normalized spacial score (nSPS) is 18.6. The van der Waals surface area contributed by atoms with Gasteiger partial charge in [-0.2, -0.15) is 0 Å². The summed E-state index contributed by atoms with van der Waals surface area (Å²) in [7, 11) is 0. The molecule has 0 aliphatic carbocycles. The topological polar surface area (TPSA) is 81.7 Å². The summed E-state index contributed by atoms with van der Waals surface area (Å²) in [5.41, 5.74) is 0.946. The van der Waals surface area contributed by atoms with Gasteiger partial charge in [0.1, 0.15) is 0 Å². The molecule has 108 valence electrons. The van der Waals surface area contributed by atoms with Gasteiger partial charge in [-0.05, 0) is 5.56 Å². The molecule has 1 aliphatic rings. The van der Waals surface area contributed by atoms with Gasteiger partial charge >= 0.3 is 6.09 Å². The minimum atomic E-state index is -0.936. The molecule has 0 aromatic heterocycles. The Bertz CT molecular complexity index is 464. The molecule has 0 spiro atoms. The highest BCUT2D eigenvalue weighted by Gasteiger charge is 2.26. The molecule has 1 fully saturated rings. The minimum absolute atomic E-state index is 0.0906. The van der Waals surface area contributed by atoms with E-state index in [2.05, 4.69) is 10.6 Å². The van der Waals surface area contributed by atoms with Crippen LogP contribution in [0.1, 0.15) is 5.56 Å². The zero-order valence-corrected chi connectivity index (χ0v) is 11.2. The second kappa shape index (κ2) is 6.91. The van der Waals surface area contributed by atoms with Gasteiger partial charge in [0.15, 0.2) is 0 Å². The lowest BCUT2D eigenvalue weighted by Crippen LogP contribution is -2.57. The first-order valence-corrected chi connectivity index (χ1v) is 6.67. The average Bonchev–Trinajstić information content (AvgIpc) is 2.46. The van der Waals surface area contributed by atoms with Crippen LogP contribution in [0.3, 0.4) is 0 Å². The molecule has 1 atom stereocenters. The number of carbonyl (C=O) groups is 2. The van der Waals surface area contributed by atoms with Gasteiger partial charge < -0.3 is 20.6 Å². The van der Waals surface area contributed by atoms with Crippen molar-refractivity contribution in [1.82, 2.24) is 15.5 Å². The third kappa shape index (κ3) is 3.96. The Kier molecular flexibility index (Phi) is 4.95. The van der Waals surface area contributed by atoms with Crippen molar-refractivity contribution in [3.63, 3.8) is 0 Å². The third-order valence-corrected chi connectivity index (χ3v) is 3.34. The van der Waals surface area contributed by atoms with Crippen LogP contribution in [-0.4, -0.2) is 54.2 Å². The minimum Gasteiger partial charge on any atom is -0.465 e. The maximum atomic E-state index is 11.8. The van der Waals surface area contributed by atoms with E-state index in [1.54, 1.807) is 0 Å². The average molecular weight is 277 g/mol. The molecule has 2 rings (SSSR count). The first-order chi connectivity index (χ1) is 9.66. The van der Waals surface area contributed by atoms with Crippen molar-refractivity contribution in [2.75, 3.05) is 26.2 Å². The van der Waals surface area contributed by atoms with Crippen molar-refractivity contribution in [2.45, 2.75) is 12.5 Å². The molecule has 6 nitrogen and oxygen atoms in total. The second-order valence-electron chi connectivity index (χ2n) is 4.80. The number of nitrogens with zero attached hydrogens (tertiary/aromatic N) is 1. The molecule has 1 heterocycles. The Morgan fingerprint density at radius 2 is 2.10 bits per heavy atom. The molecule has 20 heavy (non-hydrogen) atoms. The number of hydrogen-bond donors (Lipinski definition) is 3. The highest BCUT2D eigenvalue weighted by molar-refractivity contribution is 5.78. The number of hydrogen-bond acceptors (Lipinski definition) is 3. The van der Waals surface area contributed by atoms with Crippen LogP contribution in [0.25, 0.3) is 0 Å². The number of rotatable bonds is 4. The van der Waals surface area contributed by atoms with Crippen LogP contribution < -0.4 is 10.6 Å². The van der Waals surface area contributed by atoms with Crippen LogP contribution in [0.5, 0.6) is 0 Å². The zero-order valence-electron chi connectivity index (χ0n) is 11.2. The van der Waals surface area contributed by atoms with Crippen LogP contribution in [0.4, 0.5) is 4.79 Å². The van der Waals surface area contributed by atoms with E-state index in [4.69, 9.17) is 5.11 Å². The van der Waals surface area contributed by atoms with E-state index in [0.717, 1.165) is 5.56 Å². The van der Waals surface area contributed by atoms with E-state index in [1.807, 2.05) is 30.3 Å². The predicted octanol–water partition coefficient (Wildman–Crippen LogP) is 0.297. The van der Waals surface area contributed by atoms with Crippen molar-refractivity contribution >= 4 is 12.0 Å². The van der Waals surface area contributed by atoms with Crippen LogP contribution in [-0.2, 0) is 11.2 Å². The Morgan fingerprint density at radius 3 is 2.80 bits per heavy atom. The molecule has 1 saturated heterocycles. The van der Waals surface area contributed by atoms with Crippen molar-refractivity contribution < 1.29 is 14.7 Å². The van der Waals surface area contributed by atoms with Crippen molar-refractivity contribution in [3.05, 3.63) is 35.9 Å². The summed E-state index contributed by atoms with van der Waals surface area (Å²) >= 11 is 0. The van der Waals surface area contributed by atoms with Gasteiger partial charge in [-0.25, -0.2) is 4.79 Å². The molecule has 0 radical (unpaired) electrons. The number of carboxylic acid groups (broad SMARTS) is 1. The lowest BCUT2D eigenvalue weighted by atomic mass is 10.1. The Morgan fingerprint density at radius 1 is 1.35 bits per heavy atom. The molecule has 1 aromatic rings. The quantitative estimate of drug-likeness (QED) is 0.739. The van der Waals surface area contributed by atoms with Gasteiger partial charge in [-0.3, -0.25) is 4.79 Å². The standard InChI is InChI=1S/C14H19N3O3/c18-13(8-11-4-2-1-3-5-11)16-10-12-9-15-6-7-17(12)14(19)20/h1-5,12,15H,6-10H2,(H,16,18)(H,19,20). The smallest absolute Gasteiger partial charge is 0.407 e. The second-order valence-corrected chi connectivity index (χ2v) is 4.80. The first-order valence-electron chi connectivity index (χ1n) is 6.67. The third-order valence-electron chi connectivity index (χ3n) is 3.34. The molecular weight excluding hydrogens is 258 g/mol. The maximum absolute atomic E-state index is 11.8. The molecule has 1 unspecified atom stereocenters. The summed E-state index contributed by atoms with van der Waals surface area (Å²) in [4.78, 5) is 24.3. The molecule has 1 aliphatic heterocycles. The number of benzene rings is 1. The summed E-state index contributed by atoms with van der Waals surface area (Å²) in [6, 6.07) is 9.26. The van der Waals surface area contributed by atoms with E-state index in [9.17, 15) is 9.59 Å². The number of carbonyl (C=O) groups excluding carboxylic acids is 1. The summed E-state index contributed by atoms with van der Waals surface area (Å²) < 4.78 is 0. The molecule has 3 N–H and O–H groups in total. The van der Waals surface area contributed by atoms with Gasteiger partial charge in [-0.15, -0.1) is 0 Å². The van der Waals surface area contributed by atoms with Crippen LogP contribution in [0.2, 0.25) is 0 Å². The number of piperazine rings is 1. The van der Waals surface area contributed by atoms with Crippen LogP contribution in [0, 0.1) is 0 Å². The summed E-state index contributed by atoms with van der Waals surface area (Å²) in [6.45, 7) is 2.01. The van der Waals surface area contributed by atoms with Gasteiger partial charge in [0.2, 0.25) is 5.91 Å². The van der Waals surface area contributed by atoms with E-state index in [-0.39, 0.29) is 11.9 Å². The van der Waals surface area contributed by atoms with E-state index in [1.165, 1.54) is 4.90 Å². The monoisotopic (exact) mass is 277 g/mol. The van der Waals surface area contributed by atoms with E-state index < -0.39 is 6.09 Å². The molecule has 6 heteroatoms. The van der Waals surface area contributed by atoms with Gasteiger partial charge in [0.05, 0.1) is 12.5 Å². The van der Waals surface area contributed by atoms with Gasteiger partial charge in [0.25, 0.3) is 0 Å². The first kappa shape index (κ1) is 14.3. The zero-order chi connectivity index (χ0) is 14.4. The van der Waals surface area contributed by atoms with E-state index in [0.29, 0.717) is 32.6 Å². The number of amides is 2. The van der Waals surface area contributed by atoms with Crippen LogP contribution >= 0.6 is 0 Å². The summed E-state index contributed by atoms with van der Waals surface area (Å²) in [5.74, 6) is -0.0906. The van der Waals surface area contributed by atoms with Crippen molar-refractivity contribution in [1.29, 1.82) is 0 Å². The van der Waals surface area contributed by atoms with Crippen molar-refractivity contribution in [3.8, 4) is 0 Å². The largest absolute Gasteiger partial charge is 0.465 e. The lowest BCUT2D eigenvalue weighted by Gasteiger charge is -2.34. The summed E-state index contributed by atoms with van der Waals surface area (Å²) in [6.07, 6.45) is -0.623. The Balaban J connectivity index is 1.81. The molecular formula is C14H19N3O3. The summed E-state index contributed by atoms with van der Waals surface area (Å²) in [5, 5.41) is 15.0. The molecule has 1 aromatic carbocycles. The highest BCUT2D eigenvalue weighted by atomic mass is 16.4. The fourth-order valence-corrected chi connectivity index (χ4v) is 2.27. The predicted molar refractivity (Wildman–Crippen MR) is 74.5 cm³/mol. The molecule has 0 saturated carbocycles. The highest BCUT2D eigenvalue weighted by Crippen LogP contribution is 2.03. The van der Waals surface area contributed by atoms with Gasteiger partial charge in [0, 0.05) is 26.2 Å². The van der Waals surface area contributed by atoms with Crippen molar-refractivity contribution in [2.24, 2.45) is 0 Å². The lowest BCUT2D eigenvalue weighted by molar-refractivity contribution is -0.120. The fourth-order valence-electron chi connectivity index (χ4n) is 2.27. The maximum Gasteiger partial charge on any atom is 0.407 e. The Labute approximate surface area is 117 Å². The van der Waals surface area contributed by atoms with Crippen LogP contribution in [0.15, 0.2) is 30.3 Å². The van der Waals surface area contributed by atoms with E-state index >= 15 is 0 Å². The molecule has 0 bridgehead atoms. The number of nitrogens with one attached hydrogen (secondary N) is 2. The fraction of sp³-hybridized carbons (Fsp3) is 0.429. The molecule has 2 amide bonds. The SMILES string of the molecule is O=C(Cc1ccccc1)NCC1CNCCN1C(=O)O.